The molecule has 2 aromatic carbocycles. The Morgan fingerprint density at radius 2 is 1.97 bits per heavy atom. The smallest absolute Gasteiger partial charge is 0.410 e. The summed E-state index contributed by atoms with van der Waals surface area (Å²) in [6.07, 6.45) is -1.08. The van der Waals surface area contributed by atoms with Crippen LogP contribution in [-0.2, 0) is 16.1 Å². The zero-order chi connectivity index (χ0) is 20.8. The molecular weight excluding hydrogens is 386 g/mol. The molecule has 3 rings (SSSR count). The fraction of sp³-hybridized carbons (Fsp3) is 0.300. The number of carbonyl (C=O) groups excluding carboxylic acids is 2. The number of ether oxygens (including phenoxy) is 2. The summed E-state index contributed by atoms with van der Waals surface area (Å²) >= 11 is 0. The van der Waals surface area contributed by atoms with Gasteiger partial charge in [0.1, 0.15) is 24.0 Å². The standard InChI is InChI=1S/C20H20F2N2O5/c21-15-4-1-14(18(22)9-15)12-29-20(27)24-7-8-28-17(11-24)10-23-19(26)13-2-5-16(25)6-3-13/h1-6,9,17,25H,7-8,10-12H2,(H,23,26). The molecule has 0 saturated carbocycles. The van der Waals surface area contributed by atoms with Crippen molar-refractivity contribution in [3.63, 3.8) is 0 Å². The molecule has 7 nitrogen and oxygen atoms in total. The molecule has 1 unspecified atom stereocenters. The van der Waals surface area contributed by atoms with Gasteiger partial charge in [0.15, 0.2) is 0 Å². The molecule has 0 aromatic heterocycles. The Morgan fingerprint density at radius 1 is 1.21 bits per heavy atom. The molecule has 2 aromatic rings. The van der Waals surface area contributed by atoms with Gasteiger partial charge in [-0.2, -0.15) is 0 Å². The number of benzene rings is 2. The summed E-state index contributed by atoms with van der Waals surface area (Å²) in [5, 5.41) is 12.0. The Bertz CT molecular complexity index is 876. The number of carbonyl (C=O) groups is 2. The first-order valence-corrected chi connectivity index (χ1v) is 8.97. The van der Waals surface area contributed by atoms with Crippen LogP contribution in [0.2, 0.25) is 0 Å². The summed E-state index contributed by atoms with van der Waals surface area (Å²) < 4.78 is 37.2. The minimum absolute atomic E-state index is 0.0619. The largest absolute Gasteiger partial charge is 0.508 e. The molecule has 1 atom stereocenters. The van der Waals surface area contributed by atoms with E-state index >= 15 is 0 Å². The number of phenols is 1. The molecule has 1 saturated heterocycles. The molecule has 29 heavy (non-hydrogen) atoms. The number of phenolic OH excluding ortho intramolecular Hbond substituents is 1. The van der Waals surface area contributed by atoms with E-state index in [0.29, 0.717) is 12.1 Å². The third kappa shape index (κ3) is 5.64. The Hall–Kier alpha value is -3.20. The first-order valence-electron chi connectivity index (χ1n) is 8.97. The molecule has 0 aliphatic carbocycles. The first-order chi connectivity index (χ1) is 13.9. The topological polar surface area (TPSA) is 88.1 Å². The normalized spacial score (nSPS) is 16.3. The second kappa shape index (κ2) is 9.33. The van der Waals surface area contributed by atoms with Crippen molar-refractivity contribution in [2.45, 2.75) is 12.7 Å². The highest BCUT2D eigenvalue weighted by Gasteiger charge is 2.26. The van der Waals surface area contributed by atoms with Crippen molar-refractivity contribution in [1.82, 2.24) is 10.2 Å². The summed E-state index contributed by atoms with van der Waals surface area (Å²) in [5.74, 6) is -1.76. The summed E-state index contributed by atoms with van der Waals surface area (Å²) in [6.45, 7) is 0.619. The van der Waals surface area contributed by atoms with Gasteiger partial charge in [-0.1, -0.05) is 0 Å². The maximum atomic E-state index is 13.6. The quantitative estimate of drug-likeness (QED) is 0.796. The number of hydrogen-bond acceptors (Lipinski definition) is 5. The van der Waals surface area contributed by atoms with Crippen molar-refractivity contribution in [1.29, 1.82) is 0 Å². The fourth-order valence-corrected chi connectivity index (χ4v) is 2.80. The zero-order valence-corrected chi connectivity index (χ0v) is 15.4. The molecule has 1 aliphatic rings. The van der Waals surface area contributed by atoms with Crippen LogP contribution in [0.15, 0.2) is 42.5 Å². The lowest BCUT2D eigenvalue weighted by Gasteiger charge is -2.32. The summed E-state index contributed by atoms with van der Waals surface area (Å²) in [5.41, 5.74) is 0.460. The van der Waals surface area contributed by atoms with Crippen molar-refractivity contribution >= 4 is 12.0 Å². The van der Waals surface area contributed by atoms with Gasteiger partial charge >= 0.3 is 6.09 Å². The Labute approximate surface area is 165 Å². The molecule has 2 amide bonds. The summed E-state index contributed by atoms with van der Waals surface area (Å²) in [7, 11) is 0. The van der Waals surface area contributed by atoms with Crippen LogP contribution in [0.1, 0.15) is 15.9 Å². The van der Waals surface area contributed by atoms with Crippen LogP contribution in [0.5, 0.6) is 5.75 Å². The second-order valence-corrected chi connectivity index (χ2v) is 6.49. The van der Waals surface area contributed by atoms with Crippen molar-refractivity contribution in [2.24, 2.45) is 0 Å². The van der Waals surface area contributed by atoms with Gasteiger partial charge in [0, 0.05) is 30.3 Å². The third-order valence-electron chi connectivity index (χ3n) is 4.38. The first kappa shape index (κ1) is 20.5. The van der Waals surface area contributed by atoms with Gasteiger partial charge in [-0.15, -0.1) is 0 Å². The van der Waals surface area contributed by atoms with Gasteiger partial charge in [-0.3, -0.25) is 4.79 Å². The highest BCUT2D eigenvalue weighted by atomic mass is 19.1. The molecule has 1 aliphatic heterocycles. The van der Waals surface area contributed by atoms with Crippen molar-refractivity contribution in [3.8, 4) is 5.75 Å². The van der Waals surface area contributed by atoms with E-state index in [-0.39, 0.29) is 43.5 Å². The third-order valence-corrected chi connectivity index (χ3v) is 4.38. The predicted molar refractivity (Wildman–Crippen MR) is 98.3 cm³/mol. The Morgan fingerprint density at radius 3 is 2.69 bits per heavy atom. The lowest BCUT2D eigenvalue weighted by Crippen LogP contribution is -2.49. The lowest BCUT2D eigenvalue weighted by atomic mass is 10.2. The lowest BCUT2D eigenvalue weighted by molar-refractivity contribution is -0.0264. The number of aromatic hydroxyl groups is 1. The van der Waals surface area contributed by atoms with Gasteiger partial charge in [-0.25, -0.2) is 13.6 Å². The van der Waals surface area contributed by atoms with E-state index in [1.165, 1.54) is 35.2 Å². The SMILES string of the molecule is O=C(NCC1CN(C(=O)OCc2ccc(F)cc2F)CCO1)c1ccc(O)cc1. The van der Waals surface area contributed by atoms with Crippen LogP contribution in [-0.4, -0.2) is 54.4 Å². The molecule has 1 fully saturated rings. The minimum atomic E-state index is -0.783. The van der Waals surface area contributed by atoms with Crippen LogP contribution >= 0.6 is 0 Å². The highest BCUT2D eigenvalue weighted by molar-refractivity contribution is 5.94. The number of halogens is 2. The van der Waals surface area contributed by atoms with Crippen LogP contribution < -0.4 is 5.32 Å². The molecule has 1 heterocycles. The Balaban J connectivity index is 1.47. The maximum absolute atomic E-state index is 13.6. The zero-order valence-electron chi connectivity index (χ0n) is 15.4. The van der Waals surface area contributed by atoms with Crippen molar-refractivity contribution in [2.75, 3.05) is 26.2 Å². The number of amides is 2. The highest BCUT2D eigenvalue weighted by Crippen LogP contribution is 2.13. The average molecular weight is 406 g/mol. The van der Waals surface area contributed by atoms with Gasteiger partial charge in [0.2, 0.25) is 0 Å². The van der Waals surface area contributed by atoms with Crippen molar-refractivity contribution < 1.29 is 33.0 Å². The van der Waals surface area contributed by atoms with E-state index in [2.05, 4.69) is 5.32 Å². The van der Waals surface area contributed by atoms with E-state index < -0.39 is 23.8 Å². The van der Waals surface area contributed by atoms with Crippen LogP contribution in [0.25, 0.3) is 0 Å². The van der Waals surface area contributed by atoms with Gasteiger partial charge < -0.3 is 24.8 Å². The molecule has 154 valence electrons. The van der Waals surface area contributed by atoms with Crippen LogP contribution in [0.3, 0.4) is 0 Å². The monoisotopic (exact) mass is 406 g/mol. The molecule has 9 heteroatoms. The van der Waals surface area contributed by atoms with Crippen molar-refractivity contribution in [3.05, 3.63) is 65.2 Å². The van der Waals surface area contributed by atoms with Crippen LogP contribution in [0, 0.1) is 11.6 Å². The average Bonchev–Trinajstić information content (AvgIpc) is 2.72. The van der Waals surface area contributed by atoms with E-state index in [9.17, 15) is 23.5 Å². The van der Waals surface area contributed by atoms with E-state index in [1.54, 1.807) is 0 Å². The van der Waals surface area contributed by atoms with Gasteiger partial charge in [-0.05, 0) is 36.4 Å². The van der Waals surface area contributed by atoms with E-state index in [0.717, 1.165) is 12.1 Å². The van der Waals surface area contributed by atoms with E-state index in [1.807, 2.05) is 0 Å². The number of morpholine rings is 1. The number of rotatable bonds is 5. The van der Waals surface area contributed by atoms with Crippen LogP contribution in [0.4, 0.5) is 13.6 Å². The number of hydrogen-bond donors (Lipinski definition) is 2. The molecule has 0 bridgehead atoms. The predicted octanol–water partition coefficient (Wildman–Crippen LogP) is 2.44. The second-order valence-electron chi connectivity index (χ2n) is 6.49. The Kier molecular flexibility index (Phi) is 6.61. The summed E-state index contributed by atoms with van der Waals surface area (Å²) in [6, 6.07) is 8.84. The summed E-state index contributed by atoms with van der Waals surface area (Å²) in [4.78, 5) is 25.7. The number of nitrogens with zero attached hydrogens (tertiary/aromatic N) is 1. The molecule has 0 spiro atoms. The van der Waals surface area contributed by atoms with Gasteiger partial charge in [0.05, 0.1) is 19.3 Å². The van der Waals surface area contributed by atoms with E-state index in [4.69, 9.17) is 9.47 Å². The molecular formula is C20H20F2N2O5. The minimum Gasteiger partial charge on any atom is -0.508 e. The number of nitrogens with one attached hydrogen (secondary N) is 1. The fourth-order valence-electron chi connectivity index (χ4n) is 2.80. The van der Waals surface area contributed by atoms with Gasteiger partial charge in [0.25, 0.3) is 5.91 Å². The molecule has 2 N–H and O–H groups in total. The maximum Gasteiger partial charge on any atom is 0.410 e. The molecule has 0 radical (unpaired) electrons.